The van der Waals surface area contributed by atoms with Crippen molar-refractivity contribution in [2.45, 2.75) is 30.9 Å². The van der Waals surface area contributed by atoms with Gasteiger partial charge < -0.3 is 14.7 Å². The van der Waals surface area contributed by atoms with E-state index in [0.29, 0.717) is 18.5 Å². The third-order valence-corrected chi connectivity index (χ3v) is 5.42. The minimum absolute atomic E-state index is 0.161. The van der Waals surface area contributed by atoms with E-state index in [1.807, 2.05) is 6.07 Å². The largest absolute Gasteiger partial charge is 0.478 e. The van der Waals surface area contributed by atoms with Gasteiger partial charge in [-0.2, -0.15) is 0 Å². The SMILES string of the molecule is O=C(O)c1ccc(C2CC3(CCO3)CCN2OC(=O)c2ccccc2)cc1. The Labute approximate surface area is 157 Å². The number of rotatable bonds is 4. The normalized spacial score (nSPS) is 25.0. The Bertz CT molecular complexity index is 829. The molecule has 0 bridgehead atoms. The number of nitrogens with zero attached hydrogens (tertiary/aromatic N) is 1. The predicted molar refractivity (Wildman–Crippen MR) is 97.2 cm³/mol. The van der Waals surface area contributed by atoms with E-state index in [4.69, 9.17) is 14.7 Å². The summed E-state index contributed by atoms with van der Waals surface area (Å²) in [6.07, 6.45) is 2.51. The van der Waals surface area contributed by atoms with Crippen molar-refractivity contribution < 1.29 is 24.3 Å². The van der Waals surface area contributed by atoms with Crippen molar-refractivity contribution >= 4 is 11.9 Å². The second kappa shape index (κ2) is 7.13. The molecule has 0 saturated carbocycles. The average molecular weight is 367 g/mol. The van der Waals surface area contributed by atoms with Crippen molar-refractivity contribution in [1.29, 1.82) is 0 Å². The standard InChI is InChI=1S/C21H21NO5/c23-19(24)16-8-6-15(7-9-16)18-14-21(11-13-26-21)10-12-22(18)27-20(25)17-4-2-1-3-5-17/h1-9,18H,10-14H2,(H,23,24). The van der Waals surface area contributed by atoms with Gasteiger partial charge >= 0.3 is 11.9 Å². The van der Waals surface area contributed by atoms with Gasteiger partial charge in [0.05, 0.1) is 29.4 Å². The third-order valence-electron chi connectivity index (χ3n) is 5.42. The highest BCUT2D eigenvalue weighted by Gasteiger charge is 2.47. The lowest BCUT2D eigenvalue weighted by atomic mass is 9.79. The predicted octanol–water partition coefficient (Wildman–Crippen LogP) is 3.45. The Kier molecular flexibility index (Phi) is 4.68. The maximum absolute atomic E-state index is 12.5. The molecule has 1 spiro atoms. The molecule has 2 unspecified atom stereocenters. The van der Waals surface area contributed by atoms with Crippen molar-refractivity contribution in [2.24, 2.45) is 0 Å². The molecule has 2 saturated heterocycles. The molecular weight excluding hydrogens is 346 g/mol. The van der Waals surface area contributed by atoms with Crippen molar-refractivity contribution in [3.8, 4) is 0 Å². The van der Waals surface area contributed by atoms with E-state index in [1.165, 1.54) is 0 Å². The first-order valence-electron chi connectivity index (χ1n) is 9.08. The molecule has 27 heavy (non-hydrogen) atoms. The topological polar surface area (TPSA) is 76.1 Å². The van der Waals surface area contributed by atoms with Crippen LogP contribution in [0.2, 0.25) is 0 Å². The number of benzene rings is 2. The van der Waals surface area contributed by atoms with E-state index < -0.39 is 11.9 Å². The Balaban J connectivity index is 1.57. The van der Waals surface area contributed by atoms with E-state index in [0.717, 1.165) is 25.0 Å². The molecule has 2 aliphatic rings. The van der Waals surface area contributed by atoms with Crippen molar-refractivity contribution in [2.75, 3.05) is 13.2 Å². The molecule has 0 radical (unpaired) electrons. The molecule has 2 aromatic carbocycles. The van der Waals surface area contributed by atoms with Crippen molar-refractivity contribution in [3.63, 3.8) is 0 Å². The number of piperidine rings is 1. The minimum Gasteiger partial charge on any atom is -0.478 e. The molecule has 0 aliphatic carbocycles. The summed E-state index contributed by atoms with van der Waals surface area (Å²) in [4.78, 5) is 29.3. The lowest BCUT2D eigenvalue weighted by Crippen LogP contribution is -2.53. The molecule has 2 heterocycles. The van der Waals surface area contributed by atoms with Crippen LogP contribution in [-0.4, -0.2) is 40.9 Å². The first-order valence-corrected chi connectivity index (χ1v) is 9.08. The summed E-state index contributed by atoms with van der Waals surface area (Å²) in [5.74, 6) is -1.36. The lowest BCUT2D eigenvalue weighted by molar-refractivity contribution is -0.235. The van der Waals surface area contributed by atoms with Crippen LogP contribution in [0.3, 0.4) is 0 Å². The zero-order valence-electron chi connectivity index (χ0n) is 14.8. The summed E-state index contributed by atoms with van der Waals surface area (Å²) in [7, 11) is 0. The molecular formula is C21H21NO5. The monoisotopic (exact) mass is 367 g/mol. The second-order valence-corrected chi connectivity index (χ2v) is 7.06. The summed E-state index contributed by atoms with van der Waals surface area (Å²) in [6, 6.07) is 15.5. The average Bonchev–Trinajstić information content (AvgIpc) is 2.68. The fourth-order valence-electron chi connectivity index (χ4n) is 3.75. The van der Waals surface area contributed by atoms with Crippen LogP contribution in [0.5, 0.6) is 0 Å². The number of hydrogen-bond donors (Lipinski definition) is 1. The van der Waals surface area contributed by atoms with Gasteiger partial charge in [0.15, 0.2) is 0 Å². The van der Waals surface area contributed by atoms with Gasteiger partial charge in [-0.1, -0.05) is 30.3 Å². The number of hydrogen-bond acceptors (Lipinski definition) is 5. The number of hydroxylamine groups is 2. The van der Waals surface area contributed by atoms with Gasteiger partial charge in [-0.25, -0.2) is 9.59 Å². The van der Waals surface area contributed by atoms with Crippen LogP contribution in [0.15, 0.2) is 54.6 Å². The highest BCUT2D eigenvalue weighted by atomic mass is 16.7. The smallest absolute Gasteiger partial charge is 0.357 e. The van der Waals surface area contributed by atoms with Gasteiger partial charge in [0, 0.05) is 6.54 Å². The van der Waals surface area contributed by atoms with E-state index >= 15 is 0 Å². The number of carbonyl (C=O) groups is 2. The lowest BCUT2D eigenvalue weighted by Gasteiger charge is -2.50. The second-order valence-electron chi connectivity index (χ2n) is 7.06. The molecule has 0 amide bonds. The maximum Gasteiger partial charge on any atom is 0.357 e. The summed E-state index contributed by atoms with van der Waals surface area (Å²) in [6.45, 7) is 1.33. The van der Waals surface area contributed by atoms with Gasteiger partial charge in [-0.15, -0.1) is 5.06 Å². The van der Waals surface area contributed by atoms with Gasteiger partial charge in [0.1, 0.15) is 0 Å². The van der Waals surface area contributed by atoms with Crippen LogP contribution < -0.4 is 0 Å². The summed E-state index contributed by atoms with van der Waals surface area (Å²) >= 11 is 0. The molecule has 2 aromatic rings. The summed E-state index contributed by atoms with van der Waals surface area (Å²) < 4.78 is 5.85. The highest BCUT2D eigenvalue weighted by Crippen LogP contribution is 2.45. The Morgan fingerprint density at radius 1 is 1.04 bits per heavy atom. The fraction of sp³-hybridized carbons (Fsp3) is 0.333. The van der Waals surface area contributed by atoms with Crippen LogP contribution in [0, 0.1) is 0 Å². The number of carboxylic acid groups (broad SMARTS) is 1. The van der Waals surface area contributed by atoms with Crippen molar-refractivity contribution in [3.05, 3.63) is 71.3 Å². The van der Waals surface area contributed by atoms with E-state index in [9.17, 15) is 9.59 Å². The van der Waals surface area contributed by atoms with Crippen molar-refractivity contribution in [1.82, 2.24) is 5.06 Å². The fourth-order valence-corrected chi connectivity index (χ4v) is 3.75. The summed E-state index contributed by atoms with van der Waals surface area (Å²) in [5, 5.41) is 10.8. The van der Waals surface area contributed by atoms with Gasteiger partial charge in [-0.3, -0.25) is 0 Å². The molecule has 140 valence electrons. The van der Waals surface area contributed by atoms with Crippen LogP contribution in [0.25, 0.3) is 0 Å². The first-order chi connectivity index (χ1) is 13.1. The third kappa shape index (κ3) is 3.59. The molecule has 0 aromatic heterocycles. The van der Waals surface area contributed by atoms with Gasteiger partial charge in [-0.05, 0) is 49.1 Å². The van der Waals surface area contributed by atoms with Crippen LogP contribution >= 0.6 is 0 Å². The molecule has 2 aliphatic heterocycles. The zero-order chi connectivity index (χ0) is 18.9. The van der Waals surface area contributed by atoms with E-state index in [-0.39, 0.29) is 17.2 Å². The molecule has 2 fully saturated rings. The number of ether oxygens (including phenoxy) is 1. The zero-order valence-corrected chi connectivity index (χ0v) is 14.8. The minimum atomic E-state index is -0.962. The molecule has 4 rings (SSSR count). The molecule has 1 N–H and O–H groups in total. The number of aromatic carboxylic acids is 1. The van der Waals surface area contributed by atoms with E-state index in [1.54, 1.807) is 53.6 Å². The van der Waals surface area contributed by atoms with E-state index in [2.05, 4.69) is 0 Å². The quantitative estimate of drug-likeness (QED) is 0.892. The van der Waals surface area contributed by atoms with Crippen LogP contribution in [-0.2, 0) is 9.57 Å². The molecule has 6 heteroatoms. The number of carboxylic acids is 1. The number of carbonyl (C=O) groups excluding carboxylic acids is 1. The van der Waals surface area contributed by atoms with Crippen LogP contribution in [0.1, 0.15) is 51.6 Å². The summed E-state index contributed by atoms with van der Waals surface area (Å²) in [5.41, 5.74) is 1.48. The first kappa shape index (κ1) is 17.7. The molecule has 6 nitrogen and oxygen atoms in total. The highest BCUT2D eigenvalue weighted by molar-refractivity contribution is 5.89. The Morgan fingerprint density at radius 2 is 1.74 bits per heavy atom. The maximum atomic E-state index is 12.5. The Hall–Kier alpha value is -2.70. The van der Waals surface area contributed by atoms with Gasteiger partial charge in [0.2, 0.25) is 0 Å². The Morgan fingerprint density at radius 3 is 2.33 bits per heavy atom. The molecule has 2 atom stereocenters. The van der Waals surface area contributed by atoms with Gasteiger partial charge in [0.25, 0.3) is 0 Å². The van der Waals surface area contributed by atoms with Crippen LogP contribution in [0.4, 0.5) is 0 Å².